The third-order valence-corrected chi connectivity index (χ3v) is 4.64. The molecule has 0 amide bonds. The summed E-state index contributed by atoms with van der Waals surface area (Å²) in [7, 11) is 0. The first kappa shape index (κ1) is 13.6. The van der Waals surface area contributed by atoms with Gasteiger partial charge in [0, 0.05) is 11.3 Å². The minimum Gasteiger partial charge on any atom is -0.288 e. The zero-order valence-corrected chi connectivity index (χ0v) is 11.1. The van der Waals surface area contributed by atoms with Crippen LogP contribution in [0.5, 0.6) is 0 Å². The SMILES string of the molecule is N#CC1=C(C#N)C(=O)C(SC2CCCCC2)=CC1=O. The van der Waals surface area contributed by atoms with Crippen molar-refractivity contribution in [1.29, 1.82) is 10.5 Å². The third-order valence-electron chi connectivity index (χ3n) is 3.28. The minimum atomic E-state index is -0.531. The summed E-state index contributed by atoms with van der Waals surface area (Å²) in [6, 6.07) is 3.33. The van der Waals surface area contributed by atoms with Gasteiger partial charge in [-0.05, 0) is 12.8 Å². The van der Waals surface area contributed by atoms with Crippen LogP contribution in [0.1, 0.15) is 32.1 Å². The van der Waals surface area contributed by atoms with E-state index in [-0.39, 0.29) is 11.1 Å². The van der Waals surface area contributed by atoms with Gasteiger partial charge in [0.05, 0.1) is 4.91 Å². The molecule has 19 heavy (non-hydrogen) atoms. The van der Waals surface area contributed by atoms with Gasteiger partial charge >= 0.3 is 0 Å². The van der Waals surface area contributed by atoms with Crippen molar-refractivity contribution in [3.8, 4) is 12.1 Å². The van der Waals surface area contributed by atoms with Crippen LogP contribution in [0.15, 0.2) is 22.1 Å². The quantitative estimate of drug-likeness (QED) is 0.721. The van der Waals surface area contributed by atoms with Gasteiger partial charge in [-0.1, -0.05) is 19.3 Å². The van der Waals surface area contributed by atoms with Crippen molar-refractivity contribution >= 4 is 23.3 Å². The fraction of sp³-hybridized carbons (Fsp3) is 0.429. The number of nitriles is 2. The second-order valence-corrected chi connectivity index (χ2v) is 5.90. The van der Waals surface area contributed by atoms with Crippen LogP contribution in [0.2, 0.25) is 0 Å². The minimum absolute atomic E-state index is 0.312. The van der Waals surface area contributed by atoms with Crippen LogP contribution in [0.3, 0.4) is 0 Å². The summed E-state index contributed by atoms with van der Waals surface area (Å²) >= 11 is 1.38. The molecule has 0 aromatic rings. The van der Waals surface area contributed by atoms with E-state index >= 15 is 0 Å². The Morgan fingerprint density at radius 1 is 1.05 bits per heavy atom. The summed E-state index contributed by atoms with van der Waals surface area (Å²) in [5.41, 5.74) is -0.645. The predicted molar refractivity (Wildman–Crippen MR) is 70.8 cm³/mol. The molecular formula is C14H12N2O2S. The van der Waals surface area contributed by atoms with E-state index in [0.29, 0.717) is 10.2 Å². The van der Waals surface area contributed by atoms with Gasteiger partial charge in [0.25, 0.3) is 0 Å². The summed E-state index contributed by atoms with van der Waals surface area (Å²) < 4.78 is 0. The fourth-order valence-electron chi connectivity index (χ4n) is 2.28. The van der Waals surface area contributed by atoms with E-state index in [1.807, 2.05) is 0 Å². The van der Waals surface area contributed by atoms with Crippen molar-refractivity contribution < 1.29 is 9.59 Å². The van der Waals surface area contributed by atoms with E-state index < -0.39 is 11.6 Å². The molecule has 0 unspecified atom stereocenters. The van der Waals surface area contributed by atoms with Crippen molar-refractivity contribution in [1.82, 2.24) is 0 Å². The number of carbonyl (C=O) groups is 2. The molecule has 2 aliphatic carbocycles. The van der Waals surface area contributed by atoms with E-state index in [9.17, 15) is 9.59 Å². The van der Waals surface area contributed by atoms with Crippen molar-refractivity contribution in [2.24, 2.45) is 0 Å². The topological polar surface area (TPSA) is 81.7 Å². The molecule has 0 spiro atoms. The van der Waals surface area contributed by atoms with Gasteiger partial charge < -0.3 is 0 Å². The van der Waals surface area contributed by atoms with Crippen molar-refractivity contribution in [3.63, 3.8) is 0 Å². The average Bonchev–Trinajstić information content (AvgIpc) is 2.43. The zero-order chi connectivity index (χ0) is 13.8. The zero-order valence-electron chi connectivity index (χ0n) is 10.3. The van der Waals surface area contributed by atoms with Crippen molar-refractivity contribution in [3.05, 3.63) is 22.1 Å². The summed E-state index contributed by atoms with van der Waals surface area (Å²) in [4.78, 5) is 24.1. The number of hydrogen-bond acceptors (Lipinski definition) is 5. The van der Waals surface area contributed by atoms with Crippen molar-refractivity contribution in [2.75, 3.05) is 0 Å². The van der Waals surface area contributed by atoms with Crippen LogP contribution in [0, 0.1) is 22.7 Å². The lowest BCUT2D eigenvalue weighted by atomic mass is 9.96. The number of ketones is 2. The van der Waals surface area contributed by atoms with E-state index in [1.54, 1.807) is 12.1 Å². The Kier molecular flexibility index (Phi) is 4.19. The van der Waals surface area contributed by atoms with Crippen LogP contribution in [0.4, 0.5) is 0 Å². The first-order chi connectivity index (χ1) is 9.17. The molecule has 0 saturated heterocycles. The number of rotatable bonds is 2. The molecule has 96 valence electrons. The highest BCUT2D eigenvalue weighted by Gasteiger charge is 2.30. The smallest absolute Gasteiger partial charge is 0.211 e. The molecular weight excluding hydrogens is 260 g/mol. The largest absolute Gasteiger partial charge is 0.288 e. The lowest BCUT2D eigenvalue weighted by molar-refractivity contribution is -0.114. The number of thioether (sulfide) groups is 1. The van der Waals surface area contributed by atoms with Gasteiger partial charge in [-0.2, -0.15) is 10.5 Å². The summed E-state index contributed by atoms with van der Waals surface area (Å²) in [5.74, 6) is -1.01. The van der Waals surface area contributed by atoms with Gasteiger partial charge in [0.1, 0.15) is 23.3 Å². The molecule has 0 heterocycles. The Hall–Kier alpha value is -1.85. The predicted octanol–water partition coefficient (Wildman–Crippen LogP) is 2.43. The number of allylic oxidation sites excluding steroid dienone is 4. The third kappa shape index (κ3) is 2.77. The van der Waals surface area contributed by atoms with Crippen LogP contribution in [0.25, 0.3) is 0 Å². The monoisotopic (exact) mass is 272 g/mol. The normalized spacial score (nSPS) is 20.8. The lowest BCUT2D eigenvalue weighted by Gasteiger charge is -2.22. The molecule has 5 heteroatoms. The Balaban J connectivity index is 2.20. The van der Waals surface area contributed by atoms with E-state index in [2.05, 4.69) is 0 Å². The number of hydrogen-bond donors (Lipinski definition) is 0. The second kappa shape index (κ2) is 5.86. The Labute approximate surface area is 115 Å². The van der Waals surface area contributed by atoms with E-state index in [4.69, 9.17) is 10.5 Å². The first-order valence-electron chi connectivity index (χ1n) is 6.19. The average molecular weight is 272 g/mol. The standard InChI is InChI=1S/C14H12N2O2S/c15-7-10-11(8-16)14(18)13(6-12(10)17)19-9-4-2-1-3-5-9/h6,9H,1-5H2. The maximum Gasteiger partial charge on any atom is 0.211 e. The molecule has 1 fully saturated rings. The second-order valence-electron chi connectivity index (χ2n) is 4.55. The van der Waals surface area contributed by atoms with Gasteiger partial charge in [0.15, 0.2) is 5.78 Å². The van der Waals surface area contributed by atoms with Gasteiger partial charge in [-0.15, -0.1) is 11.8 Å². The Bertz CT molecular complexity index is 569. The van der Waals surface area contributed by atoms with Gasteiger partial charge in [-0.3, -0.25) is 9.59 Å². The molecule has 4 nitrogen and oxygen atoms in total. The molecule has 1 saturated carbocycles. The molecule has 2 aliphatic rings. The summed E-state index contributed by atoms with van der Waals surface area (Å²) in [6.45, 7) is 0. The highest BCUT2D eigenvalue weighted by molar-refractivity contribution is 8.04. The molecule has 0 N–H and O–H groups in total. The van der Waals surface area contributed by atoms with Crippen molar-refractivity contribution in [2.45, 2.75) is 37.4 Å². The van der Waals surface area contributed by atoms with E-state index in [1.165, 1.54) is 24.3 Å². The maximum absolute atomic E-state index is 12.1. The molecule has 0 aliphatic heterocycles. The number of Topliss-reactive ketones (excluding diaryl/α,β-unsaturated/α-hetero) is 1. The number of nitrogens with zero attached hydrogens (tertiary/aromatic N) is 2. The van der Waals surface area contributed by atoms with Crippen LogP contribution in [-0.4, -0.2) is 16.8 Å². The molecule has 0 bridgehead atoms. The van der Waals surface area contributed by atoms with Gasteiger partial charge in [-0.25, -0.2) is 0 Å². The van der Waals surface area contributed by atoms with Crippen LogP contribution < -0.4 is 0 Å². The maximum atomic E-state index is 12.1. The van der Waals surface area contributed by atoms with Crippen LogP contribution in [-0.2, 0) is 9.59 Å². The highest BCUT2D eigenvalue weighted by atomic mass is 32.2. The molecule has 0 atom stereocenters. The molecule has 0 radical (unpaired) electrons. The summed E-state index contributed by atoms with van der Waals surface area (Å²) in [5, 5.41) is 18.1. The fourth-order valence-corrected chi connectivity index (χ4v) is 3.60. The summed E-state index contributed by atoms with van der Waals surface area (Å²) in [6.07, 6.45) is 6.75. The Morgan fingerprint density at radius 2 is 1.68 bits per heavy atom. The van der Waals surface area contributed by atoms with Gasteiger partial charge in [0.2, 0.25) is 5.78 Å². The number of carbonyl (C=O) groups excluding carboxylic acids is 2. The van der Waals surface area contributed by atoms with Crippen LogP contribution >= 0.6 is 11.8 Å². The molecule has 0 aromatic heterocycles. The highest BCUT2D eigenvalue weighted by Crippen LogP contribution is 2.36. The first-order valence-corrected chi connectivity index (χ1v) is 7.07. The Morgan fingerprint density at radius 3 is 2.26 bits per heavy atom. The van der Waals surface area contributed by atoms with E-state index in [0.717, 1.165) is 25.7 Å². The lowest BCUT2D eigenvalue weighted by Crippen LogP contribution is -2.19. The molecule has 0 aromatic carbocycles. The molecule has 2 rings (SSSR count).